The Labute approximate surface area is 167 Å². The number of nitrogens with zero attached hydrogens (tertiary/aromatic N) is 3. The van der Waals surface area contributed by atoms with Gasteiger partial charge in [0.25, 0.3) is 0 Å². The van der Waals surface area contributed by atoms with Gasteiger partial charge in [0, 0.05) is 32.5 Å². The molecular weight excluding hydrogens is 352 g/mol. The minimum absolute atomic E-state index is 0.0363. The number of rotatable bonds is 7. The van der Waals surface area contributed by atoms with Crippen molar-refractivity contribution in [2.24, 2.45) is 0 Å². The van der Waals surface area contributed by atoms with Crippen molar-refractivity contribution in [2.75, 3.05) is 13.1 Å². The number of aromatic nitrogens is 2. The molecule has 0 aliphatic carbocycles. The molecule has 6 nitrogen and oxygen atoms in total. The Balaban J connectivity index is 1.76. The van der Waals surface area contributed by atoms with E-state index in [4.69, 9.17) is 4.98 Å². The topological polar surface area (TPSA) is 67.2 Å². The van der Waals surface area contributed by atoms with Gasteiger partial charge in [-0.1, -0.05) is 31.9 Å². The average Bonchev–Trinajstić information content (AvgIpc) is 2.85. The van der Waals surface area contributed by atoms with E-state index in [0.717, 1.165) is 49.2 Å². The van der Waals surface area contributed by atoms with Gasteiger partial charge >= 0.3 is 0 Å². The van der Waals surface area contributed by atoms with Crippen LogP contribution in [0.2, 0.25) is 0 Å². The Hall–Kier alpha value is -2.37. The van der Waals surface area contributed by atoms with Gasteiger partial charge in [-0.3, -0.25) is 9.59 Å². The van der Waals surface area contributed by atoms with Crippen LogP contribution >= 0.6 is 0 Å². The number of para-hydroxylation sites is 2. The van der Waals surface area contributed by atoms with Gasteiger partial charge in [0.05, 0.1) is 17.1 Å². The van der Waals surface area contributed by atoms with E-state index in [1.165, 1.54) is 12.8 Å². The maximum Gasteiger partial charge on any atom is 0.224 e. The van der Waals surface area contributed by atoms with Crippen molar-refractivity contribution in [1.82, 2.24) is 19.8 Å². The molecule has 0 radical (unpaired) electrons. The first-order valence-electron chi connectivity index (χ1n) is 10.6. The van der Waals surface area contributed by atoms with Crippen LogP contribution in [0.4, 0.5) is 0 Å². The highest BCUT2D eigenvalue weighted by molar-refractivity contribution is 5.79. The second kappa shape index (κ2) is 9.71. The Bertz CT molecular complexity index is 806. The average molecular weight is 385 g/mol. The van der Waals surface area contributed by atoms with Crippen LogP contribution in [0.5, 0.6) is 0 Å². The monoisotopic (exact) mass is 384 g/mol. The highest BCUT2D eigenvalue weighted by atomic mass is 16.2. The third kappa shape index (κ3) is 4.91. The van der Waals surface area contributed by atoms with Gasteiger partial charge in [-0.15, -0.1) is 0 Å². The van der Waals surface area contributed by atoms with Gasteiger partial charge in [-0.2, -0.15) is 0 Å². The smallest absolute Gasteiger partial charge is 0.224 e. The fraction of sp³-hybridized carbons (Fsp3) is 0.591. The molecule has 28 heavy (non-hydrogen) atoms. The molecular formula is C22H32N4O2. The number of imidazole rings is 1. The lowest BCUT2D eigenvalue weighted by Crippen LogP contribution is -2.33. The Morgan fingerprint density at radius 3 is 2.54 bits per heavy atom. The first kappa shape index (κ1) is 20.4. The summed E-state index contributed by atoms with van der Waals surface area (Å²) in [6.45, 7) is 6.29. The van der Waals surface area contributed by atoms with E-state index in [1.54, 1.807) is 0 Å². The Morgan fingerprint density at radius 2 is 1.82 bits per heavy atom. The molecule has 2 aromatic rings. The number of hydrogen-bond acceptors (Lipinski definition) is 3. The number of aryl methyl sites for hydroxylation is 1. The van der Waals surface area contributed by atoms with E-state index in [9.17, 15) is 9.59 Å². The van der Waals surface area contributed by atoms with Crippen LogP contribution in [-0.2, 0) is 16.1 Å². The molecule has 0 saturated carbocycles. The molecule has 1 unspecified atom stereocenters. The number of carbonyl (C=O) groups is 2. The fourth-order valence-corrected chi connectivity index (χ4v) is 3.95. The van der Waals surface area contributed by atoms with Gasteiger partial charge in [0.15, 0.2) is 0 Å². The third-order valence-corrected chi connectivity index (χ3v) is 5.43. The minimum atomic E-state index is -0.195. The maximum absolute atomic E-state index is 12.7. The summed E-state index contributed by atoms with van der Waals surface area (Å²) in [5.41, 5.74) is 1.91. The number of fused-ring (bicyclic) bond motifs is 1. The van der Waals surface area contributed by atoms with Gasteiger partial charge < -0.3 is 14.8 Å². The molecule has 1 aromatic heterocycles. The van der Waals surface area contributed by atoms with E-state index in [-0.39, 0.29) is 17.9 Å². The lowest BCUT2D eigenvalue weighted by molar-refractivity contribution is -0.131. The summed E-state index contributed by atoms with van der Waals surface area (Å²) < 4.78 is 2.10. The van der Waals surface area contributed by atoms with Gasteiger partial charge in [-0.05, 0) is 38.3 Å². The zero-order valence-corrected chi connectivity index (χ0v) is 17.1. The normalized spacial score (nSPS) is 16.0. The SMILES string of the molecule is CCCC(=O)NC(C)c1nc2ccccc2n1CCC(=O)N1CCCCCC1. The summed E-state index contributed by atoms with van der Waals surface area (Å²) in [6, 6.07) is 7.77. The molecule has 1 aromatic carbocycles. The quantitative estimate of drug-likeness (QED) is 0.789. The van der Waals surface area contributed by atoms with Crippen molar-refractivity contribution in [3.05, 3.63) is 30.1 Å². The Morgan fingerprint density at radius 1 is 1.11 bits per heavy atom. The van der Waals surface area contributed by atoms with Crippen LogP contribution in [0.1, 0.15) is 70.7 Å². The number of benzene rings is 1. The zero-order valence-electron chi connectivity index (χ0n) is 17.1. The minimum Gasteiger partial charge on any atom is -0.346 e. The van der Waals surface area contributed by atoms with E-state index in [2.05, 4.69) is 9.88 Å². The van der Waals surface area contributed by atoms with Crippen molar-refractivity contribution >= 4 is 22.8 Å². The van der Waals surface area contributed by atoms with Crippen molar-refractivity contribution < 1.29 is 9.59 Å². The highest BCUT2D eigenvalue weighted by Gasteiger charge is 2.20. The molecule has 2 heterocycles. The fourth-order valence-electron chi connectivity index (χ4n) is 3.95. The number of nitrogens with one attached hydrogen (secondary N) is 1. The maximum atomic E-state index is 12.7. The molecule has 1 N–H and O–H groups in total. The van der Waals surface area contributed by atoms with Crippen LogP contribution in [0.3, 0.4) is 0 Å². The van der Waals surface area contributed by atoms with Crippen LogP contribution in [-0.4, -0.2) is 39.4 Å². The van der Waals surface area contributed by atoms with Crippen LogP contribution < -0.4 is 5.32 Å². The first-order chi connectivity index (χ1) is 13.6. The van der Waals surface area contributed by atoms with E-state index in [1.807, 2.05) is 43.0 Å². The number of amides is 2. The van der Waals surface area contributed by atoms with Crippen molar-refractivity contribution in [1.29, 1.82) is 0 Å². The van der Waals surface area contributed by atoms with Crippen molar-refractivity contribution in [2.45, 2.75) is 71.4 Å². The third-order valence-electron chi connectivity index (χ3n) is 5.43. The molecule has 1 aliphatic rings. The van der Waals surface area contributed by atoms with E-state index >= 15 is 0 Å². The molecule has 0 bridgehead atoms. The van der Waals surface area contributed by atoms with Crippen LogP contribution in [0.25, 0.3) is 11.0 Å². The summed E-state index contributed by atoms with van der Waals surface area (Å²) in [5, 5.41) is 3.04. The molecule has 1 atom stereocenters. The Kier molecular flexibility index (Phi) is 7.06. The summed E-state index contributed by atoms with van der Waals surface area (Å²) in [4.78, 5) is 31.6. The molecule has 3 rings (SSSR count). The number of likely N-dealkylation sites (tertiary alicyclic amines) is 1. The molecule has 2 amide bonds. The zero-order chi connectivity index (χ0) is 19.9. The highest BCUT2D eigenvalue weighted by Crippen LogP contribution is 2.22. The van der Waals surface area contributed by atoms with Gasteiger partial charge in [-0.25, -0.2) is 4.98 Å². The second-order valence-corrected chi connectivity index (χ2v) is 7.69. The molecule has 0 spiro atoms. The summed E-state index contributed by atoms with van der Waals surface area (Å²) in [5.74, 6) is 1.07. The lowest BCUT2D eigenvalue weighted by atomic mass is 10.2. The van der Waals surface area contributed by atoms with Crippen molar-refractivity contribution in [3.63, 3.8) is 0 Å². The second-order valence-electron chi connectivity index (χ2n) is 7.69. The van der Waals surface area contributed by atoms with Crippen LogP contribution in [0.15, 0.2) is 24.3 Å². The van der Waals surface area contributed by atoms with E-state index < -0.39 is 0 Å². The van der Waals surface area contributed by atoms with Crippen molar-refractivity contribution in [3.8, 4) is 0 Å². The summed E-state index contributed by atoms with van der Waals surface area (Å²) in [7, 11) is 0. The van der Waals surface area contributed by atoms with Gasteiger partial charge in [0.1, 0.15) is 5.82 Å². The molecule has 6 heteroatoms. The molecule has 1 fully saturated rings. The predicted molar refractivity (Wildman–Crippen MR) is 111 cm³/mol. The van der Waals surface area contributed by atoms with E-state index in [0.29, 0.717) is 19.4 Å². The van der Waals surface area contributed by atoms with Crippen LogP contribution in [0, 0.1) is 0 Å². The molecule has 1 saturated heterocycles. The lowest BCUT2D eigenvalue weighted by Gasteiger charge is -2.21. The first-order valence-corrected chi connectivity index (χ1v) is 10.6. The van der Waals surface area contributed by atoms with Gasteiger partial charge in [0.2, 0.25) is 11.8 Å². The predicted octanol–water partition coefficient (Wildman–Crippen LogP) is 3.81. The molecule has 1 aliphatic heterocycles. The molecule has 152 valence electrons. The number of hydrogen-bond donors (Lipinski definition) is 1. The largest absolute Gasteiger partial charge is 0.346 e. The standard InChI is InChI=1S/C22H32N4O2/c1-3-10-20(27)23-17(2)22-24-18-11-6-7-12-19(18)26(22)16-13-21(28)25-14-8-4-5-9-15-25/h6-7,11-12,17H,3-5,8-10,13-16H2,1-2H3,(H,23,27). The summed E-state index contributed by atoms with van der Waals surface area (Å²) >= 11 is 0. The summed E-state index contributed by atoms with van der Waals surface area (Å²) in [6.07, 6.45) is 6.43. The number of carbonyl (C=O) groups excluding carboxylic acids is 2.